The average Bonchev–Trinajstić information content (AvgIpc) is 2.36. The predicted molar refractivity (Wildman–Crippen MR) is 83.1 cm³/mol. The molecule has 0 fully saturated rings. The molecule has 0 aromatic heterocycles. The highest BCUT2D eigenvalue weighted by atomic mass is 35.5. The van der Waals surface area contributed by atoms with E-state index in [9.17, 15) is 9.00 Å². The quantitative estimate of drug-likeness (QED) is 0.869. The summed E-state index contributed by atoms with van der Waals surface area (Å²) in [5, 5.41) is 2.57. The van der Waals surface area contributed by atoms with Crippen molar-refractivity contribution in [2.24, 2.45) is 0 Å². The molecule has 2 amide bonds. The third kappa shape index (κ3) is 5.96. The Balaban J connectivity index is 2.57. The molecule has 0 aliphatic heterocycles. The summed E-state index contributed by atoms with van der Waals surface area (Å²) in [6.45, 7) is 5.20. The zero-order valence-corrected chi connectivity index (χ0v) is 12.6. The van der Waals surface area contributed by atoms with Crippen molar-refractivity contribution in [2.75, 3.05) is 5.32 Å². The highest BCUT2D eigenvalue weighted by molar-refractivity contribution is 8.19. The molecule has 1 aromatic carbocycles. The van der Waals surface area contributed by atoms with E-state index in [1.165, 1.54) is 0 Å². The van der Waals surface area contributed by atoms with Crippen LogP contribution in [0.15, 0.2) is 51.6 Å². The Morgan fingerprint density at radius 3 is 2.58 bits per heavy atom. The lowest BCUT2D eigenvalue weighted by atomic mass is 10.3. The van der Waals surface area contributed by atoms with Crippen molar-refractivity contribution in [2.45, 2.75) is 6.92 Å². The second kappa shape index (κ2) is 8.04. The lowest BCUT2D eigenvalue weighted by Gasteiger charge is -2.08. The molecule has 0 bridgehead atoms. The van der Waals surface area contributed by atoms with Gasteiger partial charge >= 0.3 is 6.03 Å². The van der Waals surface area contributed by atoms with Crippen molar-refractivity contribution in [3.05, 3.63) is 51.6 Å². The summed E-state index contributed by atoms with van der Waals surface area (Å²) < 4.78 is 14.9. The summed E-state index contributed by atoms with van der Waals surface area (Å²) in [6, 6.07) is 8.32. The van der Waals surface area contributed by atoms with E-state index in [2.05, 4.69) is 16.6 Å². The predicted octanol–water partition coefficient (Wildman–Crippen LogP) is 3.78. The molecule has 0 aliphatic carbocycles. The van der Waals surface area contributed by atoms with E-state index >= 15 is 0 Å². The number of nitrogens with one attached hydrogen (secondary N) is 2. The molecular formula is C12H13ClN2O2S2. The topological polar surface area (TPSA) is 58.2 Å². The summed E-state index contributed by atoms with van der Waals surface area (Å²) >= 11 is 6.67. The molecule has 1 aromatic rings. The summed E-state index contributed by atoms with van der Waals surface area (Å²) in [6.07, 6.45) is 1.61. The van der Waals surface area contributed by atoms with Crippen LogP contribution in [0.1, 0.15) is 6.92 Å². The number of anilines is 1. The van der Waals surface area contributed by atoms with Gasteiger partial charge in [0.2, 0.25) is 0 Å². The Morgan fingerprint density at radius 1 is 1.42 bits per heavy atom. The minimum Gasteiger partial charge on any atom is -0.307 e. The Morgan fingerprint density at radius 2 is 2.05 bits per heavy atom. The fraction of sp³-hybridized carbons (Fsp3) is 0.0833. The van der Waals surface area contributed by atoms with Gasteiger partial charge in [-0.25, -0.2) is 9.00 Å². The number of urea groups is 1. The van der Waals surface area contributed by atoms with Crippen LogP contribution in [0.5, 0.6) is 0 Å². The van der Waals surface area contributed by atoms with Crippen LogP contribution in [0.25, 0.3) is 0 Å². The number of amides is 2. The fourth-order valence-corrected chi connectivity index (χ4v) is 3.11. The minimum absolute atomic E-state index is 0.284. The molecular weight excluding hydrogens is 304 g/mol. The number of benzene rings is 1. The molecule has 102 valence electrons. The molecule has 1 rings (SSSR count). The first-order valence-corrected chi connectivity index (χ1v) is 7.60. The Kier molecular flexibility index (Phi) is 6.69. The van der Waals surface area contributed by atoms with Gasteiger partial charge in [0.05, 0.1) is 8.60 Å². The van der Waals surface area contributed by atoms with E-state index in [1.54, 1.807) is 37.3 Å². The molecule has 19 heavy (non-hydrogen) atoms. The SMILES string of the molecule is C=C(Cl)S/C(=C\C)S(=O)NC(=O)Nc1ccccc1. The third-order valence-electron chi connectivity index (χ3n) is 1.85. The van der Waals surface area contributed by atoms with Gasteiger partial charge in [-0.15, -0.1) is 0 Å². The number of hydrogen-bond acceptors (Lipinski definition) is 3. The van der Waals surface area contributed by atoms with Crippen molar-refractivity contribution in [1.82, 2.24) is 4.72 Å². The number of carbonyl (C=O) groups excluding carboxylic acids is 1. The van der Waals surface area contributed by atoms with Crippen molar-refractivity contribution in [3.63, 3.8) is 0 Å². The number of rotatable bonds is 5. The maximum atomic E-state index is 11.9. The number of thioether (sulfide) groups is 1. The van der Waals surface area contributed by atoms with E-state index in [1.807, 2.05) is 6.07 Å². The Hall–Kier alpha value is -1.24. The second-order valence-electron chi connectivity index (χ2n) is 3.26. The molecule has 0 spiro atoms. The first-order chi connectivity index (χ1) is 9.02. The van der Waals surface area contributed by atoms with Gasteiger partial charge in [0.1, 0.15) is 0 Å². The van der Waals surface area contributed by atoms with Crippen LogP contribution in [0.2, 0.25) is 0 Å². The van der Waals surface area contributed by atoms with Crippen molar-refractivity contribution < 1.29 is 9.00 Å². The maximum Gasteiger partial charge on any atom is 0.331 e. The molecule has 0 saturated heterocycles. The highest BCUT2D eigenvalue weighted by Gasteiger charge is 2.12. The molecule has 0 saturated carbocycles. The first-order valence-electron chi connectivity index (χ1n) is 5.26. The second-order valence-corrected chi connectivity index (χ2v) is 6.51. The van der Waals surface area contributed by atoms with Crippen LogP contribution in [-0.2, 0) is 11.0 Å². The van der Waals surface area contributed by atoms with E-state index in [-0.39, 0.29) is 4.36 Å². The number of hydrogen-bond donors (Lipinski definition) is 2. The lowest BCUT2D eigenvalue weighted by Crippen LogP contribution is -2.30. The normalized spacial score (nSPS) is 12.6. The van der Waals surface area contributed by atoms with Gasteiger partial charge in [-0.2, -0.15) is 0 Å². The molecule has 4 nitrogen and oxygen atoms in total. The number of carbonyl (C=O) groups is 1. The average molecular weight is 317 g/mol. The van der Waals surface area contributed by atoms with Crippen molar-refractivity contribution in [1.29, 1.82) is 0 Å². The van der Waals surface area contributed by atoms with Gasteiger partial charge in [-0.1, -0.05) is 54.2 Å². The number of halogens is 1. The Bertz CT molecular complexity index is 518. The van der Waals surface area contributed by atoms with Crippen molar-refractivity contribution >= 4 is 46.1 Å². The molecule has 0 aliphatic rings. The van der Waals surface area contributed by atoms with Gasteiger partial charge in [-0.05, 0) is 19.1 Å². The third-order valence-corrected chi connectivity index (χ3v) is 4.41. The smallest absolute Gasteiger partial charge is 0.307 e. The molecule has 1 atom stereocenters. The van der Waals surface area contributed by atoms with Crippen LogP contribution in [-0.4, -0.2) is 10.2 Å². The largest absolute Gasteiger partial charge is 0.331 e. The summed E-state index contributed by atoms with van der Waals surface area (Å²) in [5.41, 5.74) is 0.619. The molecule has 0 heterocycles. The Labute approximate surface area is 123 Å². The van der Waals surface area contributed by atoms with Crippen LogP contribution < -0.4 is 10.0 Å². The van der Waals surface area contributed by atoms with E-state index in [0.717, 1.165) is 11.8 Å². The highest BCUT2D eigenvalue weighted by Crippen LogP contribution is 2.28. The summed E-state index contributed by atoms with van der Waals surface area (Å²) in [4.78, 5) is 11.6. The van der Waals surface area contributed by atoms with Gasteiger partial charge in [0.15, 0.2) is 11.0 Å². The first kappa shape index (κ1) is 15.8. The monoisotopic (exact) mass is 316 g/mol. The zero-order valence-electron chi connectivity index (χ0n) is 10.2. The zero-order chi connectivity index (χ0) is 14.3. The van der Waals surface area contributed by atoms with Crippen molar-refractivity contribution in [3.8, 4) is 0 Å². The number of para-hydroxylation sites is 1. The molecule has 1 unspecified atom stereocenters. The summed E-state index contributed by atoms with van der Waals surface area (Å²) in [5.74, 6) is 0. The van der Waals surface area contributed by atoms with Crippen LogP contribution >= 0.6 is 23.4 Å². The van der Waals surface area contributed by atoms with Gasteiger partial charge in [-0.3, -0.25) is 4.72 Å². The van der Waals surface area contributed by atoms with Gasteiger partial charge < -0.3 is 5.32 Å². The molecule has 7 heteroatoms. The fourth-order valence-electron chi connectivity index (χ4n) is 1.13. The maximum absolute atomic E-state index is 11.9. The van der Waals surface area contributed by atoms with Crippen LogP contribution in [0, 0.1) is 0 Å². The van der Waals surface area contributed by atoms with E-state index < -0.39 is 17.0 Å². The van der Waals surface area contributed by atoms with Gasteiger partial charge in [0, 0.05) is 5.69 Å². The van der Waals surface area contributed by atoms with E-state index in [4.69, 9.17) is 11.6 Å². The van der Waals surface area contributed by atoms with Crippen LogP contribution in [0.3, 0.4) is 0 Å². The molecule has 2 N–H and O–H groups in total. The minimum atomic E-state index is -1.67. The van der Waals surface area contributed by atoms with E-state index in [0.29, 0.717) is 9.92 Å². The molecule has 0 radical (unpaired) electrons. The standard InChI is InChI=1S/C12H13ClN2O2S2/c1-3-11(18-9(2)13)19(17)15-12(16)14-10-7-5-4-6-8-10/h3-8H,2H2,1H3,(H2,14,15,16)/b11-3+. The lowest BCUT2D eigenvalue weighted by molar-refractivity contribution is 0.257. The van der Waals surface area contributed by atoms with Crippen LogP contribution in [0.4, 0.5) is 10.5 Å². The number of allylic oxidation sites excluding steroid dienone is 1. The van der Waals surface area contributed by atoms with Gasteiger partial charge in [0.25, 0.3) is 0 Å². The summed E-state index contributed by atoms with van der Waals surface area (Å²) in [7, 11) is -1.67.